The van der Waals surface area contributed by atoms with Gasteiger partial charge in [-0.15, -0.1) is 0 Å². The van der Waals surface area contributed by atoms with Gasteiger partial charge >= 0.3 is 6.01 Å². The maximum atomic E-state index is 13.7. The SMILES string of the molecule is COc1nccc(N2C[C@H](S)C[C@H]2COCc2cc(F)c(F)cc2F)n1. The first-order valence-corrected chi connectivity index (χ1v) is 8.52. The predicted molar refractivity (Wildman–Crippen MR) is 93.1 cm³/mol. The third-order valence-electron chi connectivity index (χ3n) is 4.15. The van der Waals surface area contributed by atoms with E-state index in [2.05, 4.69) is 22.6 Å². The number of halogens is 3. The Balaban J connectivity index is 1.65. The summed E-state index contributed by atoms with van der Waals surface area (Å²) in [6.07, 6.45) is 2.34. The third kappa shape index (κ3) is 4.21. The van der Waals surface area contributed by atoms with E-state index in [-0.39, 0.29) is 36.1 Å². The maximum absolute atomic E-state index is 13.7. The van der Waals surface area contributed by atoms with Crippen LogP contribution in [0.4, 0.5) is 19.0 Å². The second-order valence-corrected chi connectivity index (χ2v) is 6.70. The Morgan fingerprint density at radius 1 is 1.23 bits per heavy atom. The minimum absolute atomic E-state index is 0.0282. The van der Waals surface area contributed by atoms with Crippen molar-refractivity contribution in [3.63, 3.8) is 0 Å². The van der Waals surface area contributed by atoms with Crippen molar-refractivity contribution in [3.05, 3.63) is 47.4 Å². The zero-order valence-electron chi connectivity index (χ0n) is 14.0. The molecule has 26 heavy (non-hydrogen) atoms. The first kappa shape index (κ1) is 18.8. The van der Waals surface area contributed by atoms with Gasteiger partial charge < -0.3 is 14.4 Å². The van der Waals surface area contributed by atoms with Crippen molar-refractivity contribution >= 4 is 18.4 Å². The molecule has 1 fully saturated rings. The minimum Gasteiger partial charge on any atom is -0.467 e. The number of thiol groups is 1. The van der Waals surface area contributed by atoms with E-state index in [0.717, 1.165) is 12.5 Å². The van der Waals surface area contributed by atoms with E-state index in [1.54, 1.807) is 12.3 Å². The molecule has 0 spiro atoms. The summed E-state index contributed by atoms with van der Waals surface area (Å²) in [4.78, 5) is 10.3. The lowest BCUT2D eigenvalue weighted by molar-refractivity contribution is 0.106. The van der Waals surface area contributed by atoms with Crippen LogP contribution >= 0.6 is 12.6 Å². The molecule has 1 aromatic carbocycles. The van der Waals surface area contributed by atoms with Crippen LogP contribution in [-0.2, 0) is 11.3 Å². The Kier molecular flexibility index (Phi) is 5.87. The van der Waals surface area contributed by atoms with E-state index in [1.807, 2.05) is 4.90 Å². The lowest BCUT2D eigenvalue weighted by atomic mass is 10.2. The average molecular weight is 385 g/mol. The van der Waals surface area contributed by atoms with Crippen molar-refractivity contribution in [3.8, 4) is 6.01 Å². The van der Waals surface area contributed by atoms with Crippen LogP contribution in [0, 0.1) is 17.5 Å². The van der Waals surface area contributed by atoms with Gasteiger partial charge in [-0.3, -0.25) is 0 Å². The van der Waals surface area contributed by atoms with E-state index < -0.39 is 17.5 Å². The highest BCUT2D eigenvalue weighted by atomic mass is 32.1. The van der Waals surface area contributed by atoms with Crippen LogP contribution in [0.3, 0.4) is 0 Å². The molecule has 2 atom stereocenters. The van der Waals surface area contributed by atoms with Crippen LogP contribution in [0.15, 0.2) is 24.4 Å². The zero-order chi connectivity index (χ0) is 18.7. The number of rotatable bonds is 6. The number of aromatic nitrogens is 2. The molecule has 0 amide bonds. The number of benzene rings is 1. The molecule has 0 unspecified atom stereocenters. The maximum Gasteiger partial charge on any atom is 0.318 e. The molecule has 0 N–H and O–H groups in total. The molecular weight excluding hydrogens is 367 g/mol. The largest absolute Gasteiger partial charge is 0.467 e. The number of ether oxygens (including phenoxy) is 2. The molecule has 2 aromatic rings. The van der Waals surface area contributed by atoms with Crippen molar-refractivity contribution in [1.29, 1.82) is 0 Å². The van der Waals surface area contributed by atoms with E-state index in [1.165, 1.54) is 7.11 Å². The Morgan fingerprint density at radius 2 is 2.00 bits per heavy atom. The molecule has 2 heterocycles. The highest BCUT2D eigenvalue weighted by Crippen LogP contribution is 2.28. The summed E-state index contributed by atoms with van der Waals surface area (Å²) in [5.41, 5.74) is -0.0282. The molecule has 0 bridgehead atoms. The van der Waals surface area contributed by atoms with Crippen molar-refractivity contribution in [2.24, 2.45) is 0 Å². The van der Waals surface area contributed by atoms with Crippen LogP contribution < -0.4 is 9.64 Å². The van der Waals surface area contributed by atoms with Crippen LogP contribution in [0.1, 0.15) is 12.0 Å². The van der Waals surface area contributed by atoms with Crippen molar-refractivity contribution in [2.45, 2.75) is 24.3 Å². The normalized spacial score (nSPS) is 19.8. The van der Waals surface area contributed by atoms with Crippen LogP contribution in [0.5, 0.6) is 6.01 Å². The molecule has 140 valence electrons. The number of anilines is 1. The van der Waals surface area contributed by atoms with E-state index >= 15 is 0 Å². The van der Waals surface area contributed by atoms with Gasteiger partial charge in [0.25, 0.3) is 0 Å². The van der Waals surface area contributed by atoms with Crippen molar-refractivity contribution < 1.29 is 22.6 Å². The Bertz CT molecular complexity index is 781. The first-order chi connectivity index (χ1) is 12.5. The summed E-state index contributed by atoms with van der Waals surface area (Å²) >= 11 is 4.52. The first-order valence-electron chi connectivity index (χ1n) is 8.01. The van der Waals surface area contributed by atoms with Gasteiger partial charge in [-0.25, -0.2) is 18.2 Å². The standard InChI is InChI=1S/C17H18F3N3O2S/c1-24-17-21-3-2-16(22-17)23-7-12(26)5-11(23)9-25-8-10-4-14(19)15(20)6-13(10)18/h2-4,6,11-12,26H,5,7-9H2,1H3/t11-,12+/m0/s1. The fourth-order valence-electron chi connectivity index (χ4n) is 2.90. The quantitative estimate of drug-likeness (QED) is 0.612. The number of methoxy groups -OCH3 is 1. The zero-order valence-corrected chi connectivity index (χ0v) is 14.9. The summed E-state index contributed by atoms with van der Waals surface area (Å²) in [6, 6.07) is 3.32. The van der Waals surface area contributed by atoms with E-state index in [0.29, 0.717) is 18.4 Å². The highest BCUT2D eigenvalue weighted by Gasteiger charge is 2.31. The average Bonchev–Trinajstić information content (AvgIpc) is 3.00. The van der Waals surface area contributed by atoms with E-state index in [9.17, 15) is 13.2 Å². The van der Waals surface area contributed by atoms with Crippen molar-refractivity contribution in [1.82, 2.24) is 9.97 Å². The monoisotopic (exact) mass is 385 g/mol. The number of nitrogens with zero attached hydrogens (tertiary/aromatic N) is 3. The highest BCUT2D eigenvalue weighted by molar-refractivity contribution is 7.81. The van der Waals surface area contributed by atoms with Gasteiger partial charge in [-0.1, -0.05) is 0 Å². The summed E-state index contributed by atoms with van der Waals surface area (Å²) in [6.45, 7) is 0.774. The van der Waals surface area contributed by atoms with Crippen molar-refractivity contribution in [2.75, 3.05) is 25.2 Å². The molecular formula is C17H18F3N3O2S. The molecule has 9 heteroatoms. The second kappa shape index (κ2) is 8.13. The Labute approximate surface area is 154 Å². The minimum atomic E-state index is -1.22. The molecule has 1 aliphatic heterocycles. The summed E-state index contributed by atoms with van der Waals surface area (Å²) in [5, 5.41) is 0.129. The van der Waals surface area contributed by atoms with Gasteiger partial charge in [0.2, 0.25) is 0 Å². The molecule has 0 radical (unpaired) electrons. The van der Waals surface area contributed by atoms with Crippen LogP contribution in [0.2, 0.25) is 0 Å². The lowest BCUT2D eigenvalue weighted by Crippen LogP contribution is -2.34. The summed E-state index contributed by atoms with van der Waals surface area (Å²) in [5.74, 6) is -2.47. The van der Waals surface area contributed by atoms with Gasteiger partial charge in [0.1, 0.15) is 11.6 Å². The fourth-order valence-corrected chi connectivity index (χ4v) is 3.32. The van der Waals surface area contributed by atoms with Gasteiger partial charge in [-0.2, -0.15) is 17.6 Å². The number of hydrogen-bond donors (Lipinski definition) is 1. The summed E-state index contributed by atoms with van der Waals surface area (Å²) in [7, 11) is 1.49. The van der Waals surface area contributed by atoms with E-state index in [4.69, 9.17) is 9.47 Å². The Morgan fingerprint density at radius 3 is 2.77 bits per heavy atom. The third-order valence-corrected chi connectivity index (χ3v) is 4.52. The summed E-state index contributed by atoms with van der Waals surface area (Å²) < 4.78 is 50.5. The van der Waals surface area contributed by atoms with Gasteiger partial charge in [0.05, 0.1) is 26.4 Å². The van der Waals surface area contributed by atoms with Crippen LogP contribution in [-0.4, -0.2) is 41.5 Å². The fraction of sp³-hybridized carbons (Fsp3) is 0.412. The van der Waals surface area contributed by atoms with Crippen LogP contribution in [0.25, 0.3) is 0 Å². The lowest BCUT2D eigenvalue weighted by Gasteiger charge is -2.25. The molecule has 3 rings (SSSR count). The Hall–Kier alpha value is -2.00. The van der Waals surface area contributed by atoms with Gasteiger partial charge in [0.15, 0.2) is 11.6 Å². The molecule has 5 nitrogen and oxygen atoms in total. The molecule has 1 aromatic heterocycles. The van der Waals surface area contributed by atoms with Gasteiger partial charge in [0, 0.05) is 29.6 Å². The number of hydrogen-bond acceptors (Lipinski definition) is 6. The molecule has 0 aliphatic carbocycles. The molecule has 0 saturated carbocycles. The second-order valence-electron chi connectivity index (χ2n) is 5.97. The van der Waals surface area contributed by atoms with Gasteiger partial charge in [-0.05, 0) is 18.6 Å². The molecule has 1 saturated heterocycles. The smallest absolute Gasteiger partial charge is 0.318 e. The molecule has 1 aliphatic rings. The topological polar surface area (TPSA) is 47.5 Å². The predicted octanol–water partition coefficient (Wildman–Crippen LogP) is 3.00.